The summed E-state index contributed by atoms with van der Waals surface area (Å²) >= 11 is 1.10. The monoisotopic (exact) mass is 324 g/mol. The van der Waals surface area contributed by atoms with E-state index in [2.05, 4.69) is 20.3 Å². The van der Waals surface area contributed by atoms with E-state index in [-0.39, 0.29) is 11.7 Å². The van der Waals surface area contributed by atoms with Crippen molar-refractivity contribution in [1.29, 1.82) is 0 Å². The highest BCUT2D eigenvalue weighted by Gasteiger charge is 2.37. The number of likely N-dealkylation sites (tertiary alicyclic amines) is 1. The van der Waals surface area contributed by atoms with E-state index in [1.165, 1.54) is 5.51 Å². The molecule has 1 aromatic rings. The molecule has 0 spiro atoms. The van der Waals surface area contributed by atoms with Crippen LogP contribution in [0.25, 0.3) is 0 Å². The lowest BCUT2D eigenvalue weighted by molar-refractivity contribution is -0.162. The van der Waals surface area contributed by atoms with Crippen molar-refractivity contribution in [3.8, 4) is 0 Å². The summed E-state index contributed by atoms with van der Waals surface area (Å²) in [4.78, 5) is 24.6. The lowest BCUT2D eigenvalue weighted by atomic mass is 10.2. The van der Waals surface area contributed by atoms with Gasteiger partial charge in [0.1, 0.15) is 11.6 Å². The number of carbonyl (C=O) groups excluding carboxylic acids is 2. The number of carbonyl (C=O) groups is 2. The van der Waals surface area contributed by atoms with Gasteiger partial charge in [0.25, 0.3) is 0 Å². The molecule has 1 fully saturated rings. The fraction of sp³-hybridized carbons (Fsp3) is 0.600. The third-order valence-corrected chi connectivity index (χ3v) is 3.35. The number of rotatable bonds is 3. The Morgan fingerprint density at radius 1 is 1.52 bits per heavy atom. The van der Waals surface area contributed by atoms with Gasteiger partial charge in [-0.05, 0) is 12.8 Å². The van der Waals surface area contributed by atoms with Gasteiger partial charge < -0.3 is 4.74 Å². The van der Waals surface area contributed by atoms with Crippen LogP contribution in [0.3, 0.4) is 0 Å². The molecular weight excluding hydrogens is 313 g/mol. The van der Waals surface area contributed by atoms with Gasteiger partial charge in [-0.3, -0.25) is 15.0 Å². The number of hydrogen-bond donors (Lipinski definition) is 1. The molecule has 0 aromatic carbocycles. The molecule has 1 saturated heterocycles. The smallest absolute Gasteiger partial charge is 0.422 e. The maximum Gasteiger partial charge on any atom is 0.422 e. The van der Waals surface area contributed by atoms with Gasteiger partial charge in [-0.15, -0.1) is 10.2 Å². The van der Waals surface area contributed by atoms with Crippen molar-refractivity contribution in [3.63, 3.8) is 0 Å². The highest BCUT2D eigenvalue weighted by Crippen LogP contribution is 2.22. The molecule has 1 N–H and O–H groups in total. The van der Waals surface area contributed by atoms with Crippen molar-refractivity contribution in [2.24, 2.45) is 0 Å². The molecule has 0 radical (unpaired) electrons. The van der Waals surface area contributed by atoms with Crippen LogP contribution in [0.5, 0.6) is 0 Å². The molecule has 1 aliphatic rings. The first kappa shape index (κ1) is 15.5. The second-order valence-corrected chi connectivity index (χ2v) is 5.09. The van der Waals surface area contributed by atoms with E-state index in [1.54, 1.807) is 0 Å². The van der Waals surface area contributed by atoms with Gasteiger partial charge in [0, 0.05) is 6.54 Å². The lowest BCUT2D eigenvalue weighted by Gasteiger charge is -2.23. The Labute approximate surface area is 121 Å². The van der Waals surface area contributed by atoms with Crippen LogP contribution in [0.15, 0.2) is 5.51 Å². The average molecular weight is 324 g/mol. The molecular formula is C10H11F3N4O3S. The summed E-state index contributed by atoms with van der Waals surface area (Å²) in [5, 5.41) is 9.87. The molecule has 0 bridgehead atoms. The molecule has 0 unspecified atom stereocenters. The van der Waals surface area contributed by atoms with Crippen LogP contribution in [0, 0.1) is 0 Å². The van der Waals surface area contributed by atoms with E-state index in [0.29, 0.717) is 12.8 Å². The van der Waals surface area contributed by atoms with Gasteiger partial charge in [0.05, 0.1) is 0 Å². The van der Waals surface area contributed by atoms with Crippen molar-refractivity contribution in [3.05, 3.63) is 5.51 Å². The molecule has 1 aliphatic heterocycles. The Morgan fingerprint density at radius 2 is 2.29 bits per heavy atom. The summed E-state index contributed by atoms with van der Waals surface area (Å²) < 4.78 is 40.2. The van der Waals surface area contributed by atoms with Crippen molar-refractivity contribution in [2.45, 2.75) is 25.1 Å². The quantitative estimate of drug-likeness (QED) is 0.914. The van der Waals surface area contributed by atoms with E-state index >= 15 is 0 Å². The van der Waals surface area contributed by atoms with Crippen LogP contribution in [0.1, 0.15) is 12.8 Å². The molecule has 7 nitrogen and oxygen atoms in total. The first-order chi connectivity index (χ1) is 9.87. The zero-order chi connectivity index (χ0) is 15.5. The summed E-state index contributed by atoms with van der Waals surface area (Å²) in [5.41, 5.74) is 1.42. The van der Waals surface area contributed by atoms with E-state index in [4.69, 9.17) is 0 Å². The third kappa shape index (κ3) is 4.28. The molecule has 21 heavy (non-hydrogen) atoms. The van der Waals surface area contributed by atoms with Crippen molar-refractivity contribution in [2.75, 3.05) is 18.5 Å². The second-order valence-electron chi connectivity index (χ2n) is 4.25. The number of ether oxygens (including phenoxy) is 1. The van der Waals surface area contributed by atoms with Gasteiger partial charge in [0.2, 0.25) is 11.0 Å². The number of alkyl halides is 3. The molecule has 2 heterocycles. The standard InChI is InChI=1S/C10H11F3N4O3S/c11-10(12,13)4-20-9(19)17-3-1-2-6(17)7(18)15-8-16-14-5-21-8/h5-6H,1-4H2,(H,15,16,18)/t6-/m0/s1. The zero-order valence-corrected chi connectivity index (χ0v) is 11.4. The lowest BCUT2D eigenvalue weighted by Crippen LogP contribution is -2.44. The van der Waals surface area contributed by atoms with Crippen LogP contribution in [0.2, 0.25) is 0 Å². The Balaban J connectivity index is 1.93. The molecule has 0 saturated carbocycles. The van der Waals surface area contributed by atoms with Crippen molar-refractivity contribution < 1.29 is 27.5 Å². The Hall–Kier alpha value is -1.91. The Morgan fingerprint density at radius 3 is 2.90 bits per heavy atom. The fourth-order valence-corrected chi connectivity index (χ4v) is 2.35. The maximum atomic E-state index is 12.0. The van der Waals surface area contributed by atoms with Gasteiger partial charge in [-0.25, -0.2) is 4.79 Å². The minimum Gasteiger partial charge on any atom is -0.440 e. The first-order valence-corrected chi connectivity index (χ1v) is 6.82. The highest BCUT2D eigenvalue weighted by atomic mass is 32.1. The van der Waals surface area contributed by atoms with Gasteiger partial charge in [0.15, 0.2) is 6.61 Å². The minimum absolute atomic E-state index is 0.172. The number of hydrogen-bond acceptors (Lipinski definition) is 6. The average Bonchev–Trinajstić information content (AvgIpc) is 3.05. The first-order valence-electron chi connectivity index (χ1n) is 5.94. The normalized spacial score (nSPS) is 18.6. The predicted molar refractivity (Wildman–Crippen MR) is 65.7 cm³/mol. The highest BCUT2D eigenvalue weighted by molar-refractivity contribution is 7.13. The predicted octanol–water partition coefficient (Wildman–Crippen LogP) is 1.64. The summed E-state index contributed by atoms with van der Waals surface area (Å²) in [7, 11) is 0. The van der Waals surface area contributed by atoms with Crippen molar-refractivity contribution in [1.82, 2.24) is 15.1 Å². The number of halogens is 3. The SMILES string of the molecule is O=C(Nc1nncs1)[C@@H]1CCCN1C(=O)OCC(F)(F)F. The fourth-order valence-electron chi connectivity index (χ4n) is 1.90. The number of amides is 2. The van der Waals surface area contributed by atoms with Gasteiger partial charge in [-0.1, -0.05) is 11.3 Å². The summed E-state index contributed by atoms with van der Waals surface area (Å²) in [6, 6.07) is -0.866. The van der Waals surface area contributed by atoms with Gasteiger partial charge >= 0.3 is 12.3 Å². The third-order valence-electron chi connectivity index (χ3n) is 2.74. The summed E-state index contributed by atoms with van der Waals surface area (Å²) in [6.45, 7) is -1.50. The van der Waals surface area contributed by atoms with E-state index < -0.39 is 30.8 Å². The van der Waals surface area contributed by atoms with Gasteiger partial charge in [-0.2, -0.15) is 13.2 Å². The molecule has 2 amide bonds. The minimum atomic E-state index is -4.60. The van der Waals surface area contributed by atoms with E-state index in [9.17, 15) is 22.8 Å². The van der Waals surface area contributed by atoms with Crippen LogP contribution < -0.4 is 5.32 Å². The molecule has 11 heteroatoms. The Kier molecular flexibility index (Phi) is 4.60. The van der Waals surface area contributed by atoms with E-state index in [1.807, 2.05) is 0 Å². The molecule has 116 valence electrons. The molecule has 1 atom stereocenters. The number of nitrogens with zero attached hydrogens (tertiary/aromatic N) is 3. The molecule has 1 aromatic heterocycles. The van der Waals surface area contributed by atoms with E-state index in [0.717, 1.165) is 16.2 Å². The molecule has 2 rings (SSSR count). The van der Waals surface area contributed by atoms with Crippen LogP contribution in [0.4, 0.5) is 23.1 Å². The van der Waals surface area contributed by atoms with Crippen LogP contribution >= 0.6 is 11.3 Å². The molecule has 0 aliphatic carbocycles. The number of nitrogens with one attached hydrogen (secondary N) is 1. The Bertz CT molecular complexity index is 508. The summed E-state index contributed by atoms with van der Waals surface area (Å²) in [6.07, 6.45) is -4.89. The van der Waals surface area contributed by atoms with Crippen LogP contribution in [-0.4, -0.2) is 52.5 Å². The second kappa shape index (κ2) is 6.24. The topological polar surface area (TPSA) is 84.4 Å². The largest absolute Gasteiger partial charge is 0.440 e. The summed E-state index contributed by atoms with van der Waals surface area (Å²) in [5.74, 6) is -0.520. The maximum absolute atomic E-state index is 12.0. The number of anilines is 1. The van der Waals surface area contributed by atoms with Crippen molar-refractivity contribution >= 4 is 28.5 Å². The van der Waals surface area contributed by atoms with Crippen LogP contribution in [-0.2, 0) is 9.53 Å². The zero-order valence-electron chi connectivity index (χ0n) is 10.6. The number of aromatic nitrogens is 2.